The number of nitrogens with zero attached hydrogens (tertiary/aromatic N) is 1. The second-order valence-electron chi connectivity index (χ2n) is 6.40. The number of nitrogens with one attached hydrogen (secondary N) is 2. The molecule has 0 aliphatic carbocycles. The van der Waals surface area contributed by atoms with Crippen molar-refractivity contribution in [2.75, 3.05) is 20.6 Å². The van der Waals surface area contributed by atoms with Crippen molar-refractivity contribution < 1.29 is 4.79 Å². The Morgan fingerprint density at radius 2 is 1.88 bits per heavy atom. The normalized spacial score (nSPS) is 13.5. The zero-order valence-electron chi connectivity index (χ0n) is 14.7. The van der Waals surface area contributed by atoms with Crippen molar-refractivity contribution >= 4 is 17.4 Å². The first kappa shape index (κ1) is 18.5. The predicted octanol–water partition coefficient (Wildman–Crippen LogP) is 3.15. The Hall–Kier alpha value is -1.85. The first-order valence-electron chi connectivity index (χ1n) is 8.30. The smallest absolute Gasteiger partial charge is 0.315 e. The van der Waals surface area contributed by atoms with E-state index >= 15 is 0 Å². The number of hydrogen-bond donors (Lipinski definition) is 2. The predicted molar refractivity (Wildman–Crippen MR) is 102 cm³/mol. The number of rotatable bonds is 8. The molecule has 24 heavy (non-hydrogen) atoms. The molecule has 1 heterocycles. The van der Waals surface area contributed by atoms with Gasteiger partial charge in [0.1, 0.15) is 0 Å². The number of thiophene rings is 1. The van der Waals surface area contributed by atoms with Gasteiger partial charge in [-0.15, -0.1) is 0 Å². The van der Waals surface area contributed by atoms with E-state index in [4.69, 9.17) is 0 Å². The van der Waals surface area contributed by atoms with E-state index in [0.29, 0.717) is 6.54 Å². The van der Waals surface area contributed by atoms with Crippen LogP contribution in [0.2, 0.25) is 0 Å². The van der Waals surface area contributed by atoms with E-state index in [1.165, 1.54) is 11.1 Å². The van der Waals surface area contributed by atoms with Crippen molar-refractivity contribution in [1.29, 1.82) is 0 Å². The largest absolute Gasteiger partial charge is 0.337 e. The van der Waals surface area contributed by atoms with Crippen LogP contribution >= 0.6 is 11.3 Å². The lowest BCUT2D eigenvalue weighted by Crippen LogP contribution is -2.47. The van der Waals surface area contributed by atoms with Crippen LogP contribution in [0.3, 0.4) is 0 Å². The summed E-state index contributed by atoms with van der Waals surface area (Å²) in [5.74, 6) is 0. The average molecular weight is 346 g/mol. The maximum atomic E-state index is 12.1. The fraction of sp³-hybridized carbons (Fsp3) is 0.421. The highest BCUT2D eigenvalue weighted by Crippen LogP contribution is 2.09. The summed E-state index contributed by atoms with van der Waals surface area (Å²) in [7, 11) is 4.10. The Kier molecular flexibility index (Phi) is 7.28. The fourth-order valence-corrected chi connectivity index (χ4v) is 3.30. The Morgan fingerprint density at radius 1 is 1.12 bits per heavy atom. The zero-order valence-corrected chi connectivity index (χ0v) is 15.5. The van der Waals surface area contributed by atoms with Gasteiger partial charge < -0.3 is 15.5 Å². The minimum absolute atomic E-state index is 0.0994. The number of amides is 2. The molecule has 0 bridgehead atoms. The molecule has 0 saturated carbocycles. The Morgan fingerprint density at radius 3 is 2.50 bits per heavy atom. The van der Waals surface area contributed by atoms with Crippen LogP contribution in [0.4, 0.5) is 4.79 Å². The number of benzene rings is 1. The summed E-state index contributed by atoms with van der Waals surface area (Å²) in [6.07, 6.45) is 1.77. The van der Waals surface area contributed by atoms with Gasteiger partial charge in [0.05, 0.1) is 0 Å². The molecule has 0 radical (unpaired) electrons. The van der Waals surface area contributed by atoms with Gasteiger partial charge in [0, 0.05) is 18.6 Å². The zero-order chi connectivity index (χ0) is 17.4. The van der Waals surface area contributed by atoms with Crippen molar-refractivity contribution in [2.24, 2.45) is 0 Å². The van der Waals surface area contributed by atoms with Gasteiger partial charge in [0.25, 0.3) is 0 Å². The highest BCUT2D eigenvalue weighted by atomic mass is 32.1. The van der Waals surface area contributed by atoms with Crippen LogP contribution in [-0.4, -0.2) is 43.7 Å². The number of carbonyl (C=O) groups excluding carboxylic acids is 1. The van der Waals surface area contributed by atoms with Crippen molar-refractivity contribution in [1.82, 2.24) is 15.5 Å². The lowest BCUT2D eigenvalue weighted by Gasteiger charge is -2.25. The van der Waals surface area contributed by atoms with Gasteiger partial charge in [0.2, 0.25) is 0 Å². The Bertz CT molecular complexity index is 598. The second kappa shape index (κ2) is 9.45. The third-order valence-electron chi connectivity index (χ3n) is 4.04. The quantitative estimate of drug-likeness (QED) is 0.772. The molecule has 2 atom stereocenters. The van der Waals surface area contributed by atoms with Gasteiger partial charge >= 0.3 is 6.03 Å². The van der Waals surface area contributed by atoms with Crippen LogP contribution in [0.25, 0.3) is 0 Å². The molecular weight excluding hydrogens is 318 g/mol. The minimum atomic E-state index is -0.0994. The van der Waals surface area contributed by atoms with Gasteiger partial charge in [-0.25, -0.2) is 4.79 Å². The van der Waals surface area contributed by atoms with E-state index in [9.17, 15) is 4.79 Å². The van der Waals surface area contributed by atoms with Crippen LogP contribution in [0.1, 0.15) is 18.1 Å². The van der Waals surface area contributed by atoms with Crippen molar-refractivity contribution in [2.45, 2.75) is 31.8 Å². The molecule has 0 aliphatic heterocycles. The molecule has 0 spiro atoms. The minimum Gasteiger partial charge on any atom is -0.337 e. The molecular formula is C19H27N3OS. The Labute approximate surface area is 148 Å². The summed E-state index contributed by atoms with van der Waals surface area (Å²) in [5.41, 5.74) is 2.55. The van der Waals surface area contributed by atoms with Crippen LogP contribution in [0, 0.1) is 0 Å². The third kappa shape index (κ3) is 6.34. The molecule has 2 amide bonds. The molecule has 1 aromatic heterocycles. The number of hydrogen-bond acceptors (Lipinski definition) is 3. The molecule has 2 aromatic rings. The molecule has 5 heteroatoms. The van der Waals surface area contributed by atoms with Crippen LogP contribution < -0.4 is 10.6 Å². The van der Waals surface area contributed by atoms with Gasteiger partial charge in [-0.3, -0.25) is 0 Å². The molecule has 2 rings (SSSR count). The molecule has 0 aliphatic rings. The molecule has 0 fully saturated rings. The van der Waals surface area contributed by atoms with Crippen LogP contribution in [0.15, 0.2) is 47.2 Å². The first-order chi connectivity index (χ1) is 11.5. The maximum Gasteiger partial charge on any atom is 0.315 e. The van der Waals surface area contributed by atoms with E-state index in [1.54, 1.807) is 11.3 Å². The standard InChI is InChI=1S/C19H27N3OS/c1-15(11-17-9-10-24-14-17)21-19(23)20-13-18(22(2)3)12-16-7-5-4-6-8-16/h4-10,14-15,18H,11-13H2,1-3H3,(H2,20,21,23)/t15?,18-/m1/s1. The number of carbonyl (C=O) groups is 1. The van der Waals surface area contributed by atoms with E-state index in [-0.39, 0.29) is 18.1 Å². The van der Waals surface area contributed by atoms with Crippen LogP contribution in [-0.2, 0) is 12.8 Å². The van der Waals surface area contributed by atoms with Crippen LogP contribution in [0.5, 0.6) is 0 Å². The molecule has 1 aromatic carbocycles. The monoisotopic (exact) mass is 345 g/mol. The van der Waals surface area contributed by atoms with Crippen molar-refractivity contribution in [3.05, 3.63) is 58.3 Å². The Balaban J connectivity index is 1.77. The van der Waals surface area contributed by atoms with E-state index in [0.717, 1.165) is 12.8 Å². The topological polar surface area (TPSA) is 44.4 Å². The average Bonchev–Trinajstić information content (AvgIpc) is 3.04. The van der Waals surface area contributed by atoms with E-state index in [1.807, 2.05) is 39.2 Å². The third-order valence-corrected chi connectivity index (χ3v) is 4.77. The van der Waals surface area contributed by atoms with Gasteiger partial charge in [-0.2, -0.15) is 11.3 Å². The molecule has 0 saturated heterocycles. The van der Waals surface area contributed by atoms with Gasteiger partial charge in [-0.05, 0) is 61.8 Å². The van der Waals surface area contributed by atoms with E-state index in [2.05, 4.69) is 44.5 Å². The summed E-state index contributed by atoms with van der Waals surface area (Å²) < 4.78 is 0. The number of urea groups is 1. The maximum absolute atomic E-state index is 12.1. The fourth-order valence-electron chi connectivity index (χ4n) is 2.62. The van der Waals surface area contributed by atoms with Gasteiger partial charge in [0.15, 0.2) is 0 Å². The molecule has 2 N–H and O–H groups in total. The summed E-state index contributed by atoms with van der Waals surface area (Å²) in [6, 6.07) is 12.8. The number of likely N-dealkylation sites (N-methyl/N-ethyl adjacent to an activating group) is 1. The summed E-state index contributed by atoms with van der Waals surface area (Å²) in [5, 5.41) is 10.2. The highest BCUT2D eigenvalue weighted by molar-refractivity contribution is 7.07. The van der Waals surface area contributed by atoms with E-state index < -0.39 is 0 Å². The van der Waals surface area contributed by atoms with Gasteiger partial charge in [-0.1, -0.05) is 30.3 Å². The molecule has 4 nitrogen and oxygen atoms in total. The second-order valence-corrected chi connectivity index (χ2v) is 7.18. The lowest BCUT2D eigenvalue weighted by molar-refractivity contribution is 0.229. The summed E-state index contributed by atoms with van der Waals surface area (Å²) in [6.45, 7) is 2.66. The summed E-state index contributed by atoms with van der Waals surface area (Å²) >= 11 is 1.68. The van der Waals surface area contributed by atoms with Crippen molar-refractivity contribution in [3.63, 3.8) is 0 Å². The van der Waals surface area contributed by atoms with Crippen molar-refractivity contribution in [3.8, 4) is 0 Å². The molecule has 1 unspecified atom stereocenters. The molecule has 130 valence electrons. The highest BCUT2D eigenvalue weighted by Gasteiger charge is 2.14. The lowest BCUT2D eigenvalue weighted by atomic mass is 10.1. The summed E-state index contributed by atoms with van der Waals surface area (Å²) in [4.78, 5) is 14.3. The SMILES string of the molecule is CC(Cc1ccsc1)NC(=O)NC[C@@H](Cc1ccccc1)N(C)C. The first-order valence-corrected chi connectivity index (χ1v) is 9.24.